The molecule has 7 rings (SSSR count). The van der Waals surface area contributed by atoms with E-state index in [0.29, 0.717) is 36.2 Å². The van der Waals surface area contributed by atoms with Crippen LogP contribution in [0.4, 0.5) is 10.1 Å². The Balaban J connectivity index is 1.29. The highest BCUT2D eigenvalue weighted by Crippen LogP contribution is 2.69. The molecule has 1 aliphatic heterocycles. The Bertz CT molecular complexity index is 1770. The second-order valence-electron chi connectivity index (χ2n) is 10.6. The summed E-state index contributed by atoms with van der Waals surface area (Å²) in [6.07, 6.45) is 1.87. The monoisotopic (exact) mass is 512 g/mol. The number of nitrogens with zero attached hydrogens (tertiary/aromatic N) is 4. The summed E-state index contributed by atoms with van der Waals surface area (Å²) in [4.78, 5) is 18.9. The number of carbonyl (C=O) groups excluding carboxylic acids is 1. The minimum absolute atomic E-state index is 0.00720. The van der Waals surface area contributed by atoms with Gasteiger partial charge in [0.25, 0.3) is 5.91 Å². The zero-order valence-corrected chi connectivity index (χ0v) is 21.4. The van der Waals surface area contributed by atoms with Crippen LogP contribution < -0.4 is 0 Å². The van der Waals surface area contributed by atoms with E-state index in [0.717, 1.165) is 22.2 Å². The van der Waals surface area contributed by atoms with E-state index in [9.17, 15) is 9.18 Å². The highest BCUT2D eigenvalue weighted by atomic mass is 19.1. The third-order valence-corrected chi connectivity index (χ3v) is 8.56. The maximum Gasteiger partial charge on any atom is 0.253 e. The molecular formula is C33H25FN4O. The average Bonchev–Trinajstić information content (AvgIpc) is 3.23. The summed E-state index contributed by atoms with van der Waals surface area (Å²) in [5, 5.41) is 5.64. The summed E-state index contributed by atoms with van der Waals surface area (Å²) >= 11 is 0. The van der Waals surface area contributed by atoms with E-state index in [4.69, 9.17) is 6.57 Å². The van der Waals surface area contributed by atoms with E-state index in [1.165, 1.54) is 23.3 Å². The van der Waals surface area contributed by atoms with E-state index in [1.54, 1.807) is 36.4 Å². The largest absolute Gasteiger partial charge is 0.337 e. The van der Waals surface area contributed by atoms with Crippen molar-refractivity contribution in [1.82, 2.24) is 14.7 Å². The number of benzene rings is 4. The number of hydrogen-bond donors (Lipinski definition) is 0. The minimum atomic E-state index is -0.276. The van der Waals surface area contributed by atoms with Gasteiger partial charge in [0.1, 0.15) is 5.82 Å². The predicted octanol–water partition coefficient (Wildman–Crippen LogP) is 6.83. The fraction of sp³-hybridized carbons (Fsp3) is 0.182. The van der Waals surface area contributed by atoms with Crippen LogP contribution in [0, 0.1) is 25.2 Å². The number of halogens is 1. The highest BCUT2D eigenvalue weighted by molar-refractivity contribution is 5.95. The summed E-state index contributed by atoms with van der Waals surface area (Å²) in [6.45, 7) is 10.7. The lowest BCUT2D eigenvalue weighted by Crippen LogP contribution is -2.34. The Kier molecular flexibility index (Phi) is 5.18. The van der Waals surface area contributed by atoms with Gasteiger partial charge in [-0.05, 0) is 65.9 Å². The molecule has 0 bridgehead atoms. The molecule has 2 aliphatic rings. The minimum Gasteiger partial charge on any atom is -0.337 e. The van der Waals surface area contributed by atoms with Gasteiger partial charge in [-0.15, -0.1) is 0 Å². The number of likely N-dealkylation sites (tertiary alicyclic amines) is 1. The van der Waals surface area contributed by atoms with Gasteiger partial charge < -0.3 is 4.90 Å². The Labute approximate surface area is 225 Å². The van der Waals surface area contributed by atoms with Gasteiger partial charge in [0.05, 0.1) is 24.0 Å². The molecule has 0 radical (unpaired) electrons. The number of amides is 1. The maximum atomic E-state index is 13.5. The number of aromatic nitrogens is 2. The predicted molar refractivity (Wildman–Crippen MR) is 149 cm³/mol. The highest BCUT2D eigenvalue weighted by Gasteiger charge is 2.70. The number of hydrogen-bond acceptors (Lipinski definition) is 2. The molecule has 6 heteroatoms. The van der Waals surface area contributed by atoms with Crippen LogP contribution in [-0.2, 0) is 5.41 Å². The molecule has 0 N–H and O–H groups in total. The molecular weight excluding hydrogens is 487 g/mol. The first kappa shape index (κ1) is 23.4. The molecule has 0 unspecified atom stereocenters. The van der Waals surface area contributed by atoms with Gasteiger partial charge in [0.15, 0.2) is 5.69 Å². The summed E-state index contributed by atoms with van der Waals surface area (Å²) in [5.74, 6) is 0.375. The van der Waals surface area contributed by atoms with Crippen molar-refractivity contribution in [2.45, 2.75) is 18.3 Å². The van der Waals surface area contributed by atoms with Crippen LogP contribution in [0.3, 0.4) is 0 Å². The molecule has 4 aromatic carbocycles. The van der Waals surface area contributed by atoms with Crippen molar-refractivity contribution in [1.29, 1.82) is 0 Å². The van der Waals surface area contributed by atoms with Crippen LogP contribution in [0.15, 0.2) is 97.2 Å². The van der Waals surface area contributed by atoms with Crippen LogP contribution in [-0.4, -0.2) is 33.7 Å². The van der Waals surface area contributed by atoms with Crippen LogP contribution in [0.1, 0.15) is 33.0 Å². The third-order valence-electron chi connectivity index (χ3n) is 8.56. The number of aryl methyl sites for hydroxylation is 1. The molecule has 1 aliphatic carbocycles. The lowest BCUT2D eigenvalue weighted by atomic mass is 9.86. The maximum absolute atomic E-state index is 13.5. The summed E-state index contributed by atoms with van der Waals surface area (Å²) in [7, 11) is 0. The van der Waals surface area contributed by atoms with E-state index in [1.807, 2.05) is 21.8 Å². The molecule has 0 spiro atoms. The van der Waals surface area contributed by atoms with Crippen molar-refractivity contribution < 1.29 is 9.18 Å². The molecule has 5 nitrogen and oxygen atoms in total. The second kappa shape index (κ2) is 8.64. The molecule has 3 atom stereocenters. The van der Waals surface area contributed by atoms with Crippen molar-refractivity contribution in [2.24, 2.45) is 5.92 Å². The normalized spacial score (nSPS) is 21.5. The van der Waals surface area contributed by atoms with Gasteiger partial charge in [-0.25, -0.2) is 13.9 Å². The molecule has 1 aromatic heterocycles. The Morgan fingerprint density at radius 2 is 1.77 bits per heavy atom. The lowest BCUT2D eigenvalue weighted by molar-refractivity contribution is 0.0769. The molecule has 39 heavy (non-hydrogen) atoms. The fourth-order valence-corrected chi connectivity index (χ4v) is 6.75. The van der Waals surface area contributed by atoms with Crippen molar-refractivity contribution in [3.63, 3.8) is 0 Å². The molecule has 1 amide bonds. The van der Waals surface area contributed by atoms with Gasteiger partial charge in [-0.1, -0.05) is 54.6 Å². The first-order valence-electron chi connectivity index (χ1n) is 13.1. The number of carbonyl (C=O) groups is 1. The van der Waals surface area contributed by atoms with E-state index < -0.39 is 0 Å². The average molecular weight is 513 g/mol. The summed E-state index contributed by atoms with van der Waals surface area (Å²) < 4.78 is 15.4. The Morgan fingerprint density at radius 1 is 1.03 bits per heavy atom. The zero-order chi connectivity index (χ0) is 26.7. The zero-order valence-electron chi connectivity index (χ0n) is 21.4. The Hall–Kier alpha value is -4.76. The first-order valence-corrected chi connectivity index (χ1v) is 13.1. The van der Waals surface area contributed by atoms with Crippen molar-refractivity contribution >= 4 is 22.5 Å². The first-order chi connectivity index (χ1) is 19.0. The van der Waals surface area contributed by atoms with Crippen molar-refractivity contribution in [2.75, 3.05) is 13.1 Å². The standard InChI is InChI=1S/C33H25FN4O/c1-21-16-30-24(18-36-38(30)27-14-10-25(34)11-15-27)17-28(21)33-20-37(32(39)23-8-12-26(35-2)13-9-23)19-29(33)31(33)22-6-4-3-5-7-22/h3-18,29,31H,19-20H2,1H3/t29-,31-,33+/m1/s1. The SMILES string of the molecule is [C-]#[N+]c1ccc(C(=O)N2C[C@@H]3[C@@H](c4ccccc4)[C@]3(c3cc4cnn(-c5ccc(F)cc5)c4cc3C)C2)cc1. The van der Waals surface area contributed by atoms with Gasteiger partial charge in [0, 0.05) is 35.4 Å². The molecule has 1 saturated heterocycles. The quantitative estimate of drug-likeness (QED) is 0.248. The van der Waals surface area contributed by atoms with Gasteiger partial charge in [0.2, 0.25) is 0 Å². The van der Waals surface area contributed by atoms with Gasteiger partial charge in [-0.2, -0.15) is 5.10 Å². The van der Waals surface area contributed by atoms with E-state index >= 15 is 0 Å². The molecule has 5 aromatic rings. The summed E-state index contributed by atoms with van der Waals surface area (Å²) in [6, 6.07) is 28.3. The van der Waals surface area contributed by atoms with Gasteiger partial charge in [-0.3, -0.25) is 4.79 Å². The van der Waals surface area contributed by atoms with Crippen LogP contribution in [0.5, 0.6) is 0 Å². The molecule has 2 heterocycles. The lowest BCUT2D eigenvalue weighted by Gasteiger charge is -2.26. The summed E-state index contributed by atoms with van der Waals surface area (Å²) in [5.41, 5.74) is 6.46. The van der Waals surface area contributed by atoms with Crippen molar-refractivity contribution in [3.8, 4) is 5.69 Å². The van der Waals surface area contributed by atoms with E-state index in [2.05, 4.69) is 53.3 Å². The topological polar surface area (TPSA) is 42.5 Å². The molecule has 190 valence electrons. The number of fused-ring (bicyclic) bond motifs is 2. The number of piperidine rings is 1. The van der Waals surface area contributed by atoms with Crippen molar-refractivity contribution in [3.05, 3.63) is 137 Å². The Morgan fingerprint density at radius 3 is 2.49 bits per heavy atom. The van der Waals surface area contributed by atoms with E-state index in [-0.39, 0.29) is 17.1 Å². The van der Waals surface area contributed by atoms with Crippen LogP contribution in [0.25, 0.3) is 21.4 Å². The second-order valence-corrected chi connectivity index (χ2v) is 10.6. The fourth-order valence-electron chi connectivity index (χ4n) is 6.75. The third kappa shape index (κ3) is 3.58. The smallest absolute Gasteiger partial charge is 0.253 e. The van der Waals surface area contributed by atoms with Crippen LogP contribution >= 0.6 is 0 Å². The molecule has 2 fully saturated rings. The number of rotatable bonds is 4. The van der Waals surface area contributed by atoms with Crippen LogP contribution in [0.2, 0.25) is 0 Å². The van der Waals surface area contributed by atoms with Gasteiger partial charge >= 0.3 is 0 Å². The molecule has 1 saturated carbocycles.